The van der Waals surface area contributed by atoms with Crippen molar-refractivity contribution in [1.29, 1.82) is 0 Å². The van der Waals surface area contributed by atoms with E-state index in [1.807, 2.05) is 13.8 Å². The lowest BCUT2D eigenvalue weighted by Crippen LogP contribution is -2.49. The van der Waals surface area contributed by atoms with Crippen LogP contribution >= 0.6 is 34.8 Å². The minimum atomic E-state index is -0.652. The van der Waals surface area contributed by atoms with Gasteiger partial charge in [-0.15, -0.1) is 0 Å². The van der Waals surface area contributed by atoms with Crippen LogP contribution in [0.25, 0.3) is 0 Å². The van der Waals surface area contributed by atoms with Crippen molar-refractivity contribution in [3.8, 4) is 5.75 Å². The van der Waals surface area contributed by atoms with Crippen molar-refractivity contribution in [1.82, 2.24) is 10.2 Å². The van der Waals surface area contributed by atoms with Crippen LogP contribution in [0.1, 0.15) is 45.6 Å². The number of carbonyl (C=O) groups excluding carboxylic acids is 2. The summed E-state index contributed by atoms with van der Waals surface area (Å²) in [6.45, 7) is 6.23. The topological polar surface area (TPSA) is 58.6 Å². The second kappa shape index (κ2) is 12.9. The van der Waals surface area contributed by atoms with Gasteiger partial charge in [-0.2, -0.15) is 0 Å². The minimum absolute atomic E-state index is 0.0220. The van der Waals surface area contributed by atoms with E-state index in [2.05, 4.69) is 5.32 Å². The van der Waals surface area contributed by atoms with Gasteiger partial charge in [0.25, 0.3) is 0 Å². The molecule has 1 N–H and O–H groups in total. The highest BCUT2D eigenvalue weighted by Crippen LogP contribution is 2.24. The van der Waals surface area contributed by atoms with Crippen molar-refractivity contribution in [2.24, 2.45) is 0 Å². The number of rotatable bonds is 11. The second-order valence-corrected chi connectivity index (χ2v) is 8.94. The third-order valence-corrected chi connectivity index (χ3v) is 5.98. The molecule has 0 saturated heterocycles. The van der Waals surface area contributed by atoms with Crippen LogP contribution in [0, 0.1) is 0 Å². The van der Waals surface area contributed by atoms with E-state index in [1.54, 1.807) is 54.3 Å². The first-order chi connectivity index (χ1) is 15.2. The van der Waals surface area contributed by atoms with E-state index in [1.165, 1.54) is 0 Å². The maximum atomic E-state index is 13.1. The van der Waals surface area contributed by atoms with Gasteiger partial charge >= 0.3 is 0 Å². The largest absolute Gasteiger partial charge is 0.494 e. The molecule has 0 radical (unpaired) electrons. The van der Waals surface area contributed by atoms with Gasteiger partial charge in [0.1, 0.15) is 11.8 Å². The maximum absolute atomic E-state index is 13.1. The summed E-state index contributed by atoms with van der Waals surface area (Å²) in [7, 11) is 0. The molecule has 2 aromatic rings. The van der Waals surface area contributed by atoms with Crippen LogP contribution < -0.4 is 10.1 Å². The maximum Gasteiger partial charge on any atom is 0.242 e. The molecule has 0 aliphatic rings. The molecule has 2 rings (SSSR count). The molecule has 2 amide bonds. The predicted octanol–water partition coefficient (Wildman–Crippen LogP) is 6.14. The molecule has 0 fully saturated rings. The number of ether oxygens (including phenoxy) is 1. The molecule has 8 heteroatoms. The van der Waals surface area contributed by atoms with Gasteiger partial charge in [0, 0.05) is 34.1 Å². The summed E-state index contributed by atoms with van der Waals surface area (Å²) in [5.41, 5.74) is 0.727. The number of nitrogens with zero attached hydrogens (tertiary/aromatic N) is 1. The van der Waals surface area contributed by atoms with Crippen LogP contribution in [0.15, 0.2) is 42.5 Å². The molecule has 0 aliphatic heterocycles. The first-order valence-corrected chi connectivity index (χ1v) is 11.8. The zero-order valence-electron chi connectivity index (χ0n) is 18.5. The molecule has 0 spiro atoms. The lowest BCUT2D eigenvalue weighted by atomic mass is 10.1. The Labute approximate surface area is 205 Å². The van der Waals surface area contributed by atoms with Crippen molar-refractivity contribution in [2.45, 2.75) is 58.7 Å². The highest BCUT2D eigenvalue weighted by atomic mass is 35.5. The van der Waals surface area contributed by atoms with Gasteiger partial charge in [-0.1, -0.05) is 47.8 Å². The van der Waals surface area contributed by atoms with Crippen LogP contribution in [0.3, 0.4) is 0 Å². The lowest BCUT2D eigenvalue weighted by molar-refractivity contribution is -0.141. The summed E-state index contributed by atoms with van der Waals surface area (Å²) in [4.78, 5) is 27.4. The molecule has 0 unspecified atom stereocenters. The monoisotopic (exact) mass is 498 g/mol. The number of amides is 2. The van der Waals surface area contributed by atoms with Gasteiger partial charge in [0.15, 0.2) is 0 Å². The standard InChI is InChI=1S/C24H29Cl3N2O3/c1-4-16(2)28-24(31)17(3)29(15-18-7-8-20(26)14-22(18)27)23(30)6-5-13-32-21-11-9-19(25)10-12-21/h7-12,14,16-17H,4-6,13,15H2,1-3H3,(H,28,31)/t16-,17+/m1/s1. The minimum Gasteiger partial charge on any atom is -0.494 e. The summed E-state index contributed by atoms with van der Waals surface area (Å²) in [5, 5.41) is 4.55. The molecule has 2 aromatic carbocycles. The van der Waals surface area contributed by atoms with Gasteiger partial charge in [0.2, 0.25) is 11.8 Å². The van der Waals surface area contributed by atoms with Gasteiger partial charge in [0.05, 0.1) is 6.61 Å². The fourth-order valence-electron chi connectivity index (χ4n) is 2.97. The van der Waals surface area contributed by atoms with E-state index in [-0.39, 0.29) is 30.8 Å². The molecule has 0 aromatic heterocycles. The predicted molar refractivity (Wildman–Crippen MR) is 131 cm³/mol. The Balaban J connectivity index is 2.05. The molecular formula is C24H29Cl3N2O3. The Morgan fingerprint density at radius 2 is 1.69 bits per heavy atom. The first-order valence-electron chi connectivity index (χ1n) is 10.6. The van der Waals surface area contributed by atoms with E-state index < -0.39 is 6.04 Å². The van der Waals surface area contributed by atoms with Gasteiger partial charge in [-0.05, 0) is 68.7 Å². The molecule has 174 valence electrons. The summed E-state index contributed by atoms with van der Waals surface area (Å²) in [6.07, 6.45) is 1.54. The Morgan fingerprint density at radius 1 is 1.03 bits per heavy atom. The van der Waals surface area contributed by atoms with Crippen molar-refractivity contribution in [3.05, 3.63) is 63.1 Å². The fraction of sp³-hybridized carbons (Fsp3) is 0.417. The third kappa shape index (κ3) is 8.19. The molecule has 5 nitrogen and oxygen atoms in total. The van der Waals surface area contributed by atoms with Crippen LogP contribution in [0.5, 0.6) is 5.75 Å². The van der Waals surface area contributed by atoms with Crippen molar-refractivity contribution >= 4 is 46.6 Å². The summed E-state index contributed by atoms with van der Waals surface area (Å²) < 4.78 is 5.67. The highest BCUT2D eigenvalue weighted by molar-refractivity contribution is 6.35. The molecule has 0 heterocycles. The molecule has 0 aliphatic carbocycles. The third-order valence-electron chi connectivity index (χ3n) is 5.14. The Kier molecular flexibility index (Phi) is 10.6. The smallest absolute Gasteiger partial charge is 0.242 e. The van der Waals surface area contributed by atoms with Gasteiger partial charge in [-0.25, -0.2) is 0 Å². The Hall–Kier alpha value is -1.95. The highest BCUT2D eigenvalue weighted by Gasteiger charge is 2.27. The normalized spacial score (nSPS) is 12.7. The molecule has 32 heavy (non-hydrogen) atoms. The molecule has 2 atom stereocenters. The average Bonchev–Trinajstić information content (AvgIpc) is 2.76. The number of halogens is 3. The average molecular weight is 500 g/mol. The summed E-state index contributed by atoms with van der Waals surface area (Å²) in [6, 6.07) is 11.5. The zero-order chi connectivity index (χ0) is 23.7. The van der Waals surface area contributed by atoms with Crippen molar-refractivity contribution in [2.75, 3.05) is 6.61 Å². The van der Waals surface area contributed by atoms with E-state index in [9.17, 15) is 9.59 Å². The number of hydrogen-bond acceptors (Lipinski definition) is 3. The number of nitrogens with one attached hydrogen (secondary N) is 1. The molecule has 0 saturated carbocycles. The summed E-state index contributed by atoms with van der Waals surface area (Å²) >= 11 is 18.2. The van der Waals surface area contributed by atoms with E-state index in [0.717, 1.165) is 12.0 Å². The van der Waals surface area contributed by atoms with Crippen molar-refractivity contribution < 1.29 is 14.3 Å². The number of benzene rings is 2. The van der Waals surface area contributed by atoms with Crippen LogP contribution in [-0.4, -0.2) is 35.4 Å². The summed E-state index contributed by atoms with van der Waals surface area (Å²) in [5.74, 6) is 0.339. The van der Waals surface area contributed by atoms with E-state index >= 15 is 0 Å². The number of hydrogen-bond donors (Lipinski definition) is 1. The van der Waals surface area contributed by atoms with Crippen LogP contribution in [0.4, 0.5) is 0 Å². The Morgan fingerprint density at radius 3 is 2.31 bits per heavy atom. The molecular weight excluding hydrogens is 471 g/mol. The van der Waals surface area contributed by atoms with E-state index in [4.69, 9.17) is 39.5 Å². The second-order valence-electron chi connectivity index (χ2n) is 7.66. The van der Waals surface area contributed by atoms with Crippen LogP contribution in [-0.2, 0) is 16.1 Å². The van der Waals surface area contributed by atoms with E-state index in [0.29, 0.717) is 33.8 Å². The van der Waals surface area contributed by atoms with Crippen LogP contribution in [0.2, 0.25) is 15.1 Å². The Bertz CT molecular complexity index is 906. The first kappa shape index (κ1) is 26.3. The lowest BCUT2D eigenvalue weighted by Gasteiger charge is -2.30. The fourth-order valence-corrected chi connectivity index (χ4v) is 3.56. The SMILES string of the molecule is CC[C@@H](C)NC(=O)[C@H](C)N(Cc1ccc(Cl)cc1Cl)C(=O)CCCOc1ccc(Cl)cc1. The zero-order valence-corrected chi connectivity index (χ0v) is 20.8. The number of carbonyl (C=O) groups is 2. The van der Waals surface area contributed by atoms with Gasteiger partial charge in [-0.3, -0.25) is 9.59 Å². The quantitative estimate of drug-likeness (QED) is 0.378. The van der Waals surface area contributed by atoms with Crippen molar-refractivity contribution in [3.63, 3.8) is 0 Å². The van der Waals surface area contributed by atoms with Gasteiger partial charge < -0.3 is 15.0 Å². The molecule has 0 bridgehead atoms.